The van der Waals surface area contributed by atoms with Gasteiger partial charge in [-0.25, -0.2) is 25.3 Å². The molecule has 10 aromatic rings. The number of carbonyl (C=O) groups is 2. The Morgan fingerprint density at radius 2 is 0.651 bits per heavy atom. The molecule has 0 fully saturated rings. The van der Waals surface area contributed by atoms with E-state index < -0.39 is 30.1 Å². The van der Waals surface area contributed by atoms with Gasteiger partial charge in [-0.05, 0) is 113 Å². The van der Waals surface area contributed by atoms with Crippen LogP contribution in [0.15, 0.2) is 300 Å². The van der Waals surface area contributed by atoms with Crippen molar-refractivity contribution >= 4 is 76.0 Å². The van der Waals surface area contributed by atoms with Crippen LogP contribution in [-0.2, 0) is 70.5 Å². The molecule has 15 nitrogen and oxygen atoms in total. The van der Waals surface area contributed by atoms with Gasteiger partial charge in [-0.3, -0.25) is 22.5 Å². The Morgan fingerprint density at radius 3 is 0.977 bits per heavy atom. The predicted molar refractivity (Wildman–Crippen MR) is 342 cm³/mol. The summed E-state index contributed by atoms with van der Waals surface area (Å²) in [7, 11) is -9.89. The van der Waals surface area contributed by atoms with Gasteiger partial charge in [-0.15, -0.1) is 0 Å². The molecule has 0 spiro atoms. The van der Waals surface area contributed by atoms with Gasteiger partial charge in [0.15, 0.2) is 0 Å². The van der Waals surface area contributed by atoms with E-state index in [1.807, 2.05) is 121 Å². The largest absolute Gasteiger partial charge is 0.399 e. The first kappa shape index (κ1) is 62.2. The number of nitrogens with zero attached hydrogens (tertiary/aromatic N) is 3. The molecule has 10 rings (SSSR count). The highest BCUT2D eigenvalue weighted by atomic mass is 32.2. The summed E-state index contributed by atoms with van der Waals surface area (Å²) in [5.41, 5.74) is 12.4. The Morgan fingerprint density at radius 1 is 0.360 bits per heavy atom. The lowest BCUT2D eigenvalue weighted by molar-refractivity contribution is -0.119. The minimum absolute atomic E-state index is 0.0831. The number of methoxy groups -OCH3 is 1. The Labute approximate surface area is 503 Å². The number of anilines is 6. The molecule has 0 saturated heterocycles. The second-order valence-corrected chi connectivity index (χ2v) is 24.9. The summed E-state index contributed by atoms with van der Waals surface area (Å²) in [4.78, 5) is 25.0. The zero-order valence-electron chi connectivity index (χ0n) is 47.0. The number of sulfonamides is 3. The van der Waals surface area contributed by atoms with Gasteiger partial charge >= 0.3 is 0 Å². The monoisotopic (exact) mass is 1200 g/mol. The number of rotatable bonds is 21. The van der Waals surface area contributed by atoms with Crippen molar-refractivity contribution in [1.29, 1.82) is 0 Å². The van der Waals surface area contributed by atoms with Gasteiger partial charge in [0.05, 0.1) is 57.8 Å². The fourth-order valence-electron chi connectivity index (χ4n) is 8.82. The van der Waals surface area contributed by atoms with Crippen LogP contribution in [0.25, 0.3) is 0 Å². The first-order valence-electron chi connectivity index (χ1n) is 27.1. The molecule has 0 radical (unpaired) electrons. The van der Waals surface area contributed by atoms with Gasteiger partial charge in [0, 0.05) is 24.2 Å². The van der Waals surface area contributed by atoms with Crippen molar-refractivity contribution in [2.45, 2.75) is 40.7 Å². The van der Waals surface area contributed by atoms with Gasteiger partial charge in [0.1, 0.15) is 6.61 Å². The third-order valence-corrected chi connectivity index (χ3v) is 18.3. The Kier molecular flexibility index (Phi) is 21.8. The SMILES string of the molecule is COCC(=O)Nc1cccc(N(Cc2ccccc2)S(=O)(=O)c2ccccc2)c1.Nc1cccc(N(Cc2ccccc2)S(=O)(=O)c2ccccc2)c1.O=C(Cc1ccccc1)Nc1cccc(N(Cc2ccccc2)S(=O)(=O)c2ccccc2)c1. The topological polar surface area (TPSA) is 206 Å². The average molecular weight is 1210 g/mol. The molecule has 0 aromatic heterocycles. The first-order chi connectivity index (χ1) is 41.6. The molecular weight excluding hydrogens is 1140 g/mol. The molecule has 0 aliphatic rings. The van der Waals surface area contributed by atoms with Crippen LogP contribution in [0, 0.1) is 0 Å². The van der Waals surface area contributed by atoms with Crippen LogP contribution < -0.4 is 29.3 Å². The van der Waals surface area contributed by atoms with E-state index in [-0.39, 0.29) is 59.2 Å². The highest BCUT2D eigenvalue weighted by molar-refractivity contribution is 7.93. The van der Waals surface area contributed by atoms with Crippen molar-refractivity contribution in [3.8, 4) is 0 Å². The molecule has 0 bridgehead atoms. The van der Waals surface area contributed by atoms with E-state index in [4.69, 9.17) is 10.5 Å². The summed E-state index contributed by atoms with van der Waals surface area (Å²) in [5.74, 6) is -0.482. The lowest BCUT2D eigenvalue weighted by Crippen LogP contribution is -2.30. The van der Waals surface area contributed by atoms with Crippen LogP contribution in [0.5, 0.6) is 0 Å². The van der Waals surface area contributed by atoms with Crippen LogP contribution in [0.2, 0.25) is 0 Å². The van der Waals surface area contributed by atoms with Crippen molar-refractivity contribution in [2.75, 3.05) is 43.0 Å². The maximum absolute atomic E-state index is 13.6. The summed E-state index contributed by atoms with van der Waals surface area (Å²) >= 11 is 0. The van der Waals surface area contributed by atoms with Crippen LogP contribution in [0.4, 0.5) is 34.1 Å². The van der Waals surface area contributed by atoms with Crippen molar-refractivity contribution in [1.82, 2.24) is 0 Å². The average Bonchev–Trinajstić information content (AvgIpc) is 3.24. The van der Waals surface area contributed by atoms with E-state index >= 15 is 0 Å². The number of ether oxygens (including phenoxy) is 1. The fourth-order valence-corrected chi connectivity index (χ4v) is 13.2. The summed E-state index contributed by atoms with van der Waals surface area (Å²) in [5, 5.41) is 5.59. The molecule has 0 aliphatic carbocycles. The number of nitrogen functional groups attached to an aromatic ring is 1. The Hall–Kier alpha value is -9.85. The van der Waals surface area contributed by atoms with Crippen molar-refractivity contribution in [3.63, 3.8) is 0 Å². The Bertz CT molecular complexity index is 4130. The van der Waals surface area contributed by atoms with Crippen molar-refractivity contribution in [3.05, 3.63) is 307 Å². The van der Waals surface area contributed by atoms with Gasteiger partial charge in [0.25, 0.3) is 30.1 Å². The molecule has 2 amide bonds. The molecule has 10 aromatic carbocycles. The second kappa shape index (κ2) is 30.1. The van der Waals surface area contributed by atoms with E-state index in [0.29, 0.717) is 34.1 Å². The number of amides is 2. The molecule has 0 saturated carbocycles. The van der Waals surface area contributed by atoms with Crippen LogP contribution >= 0.6 is 0 Å². The minimum Gasteiger partial charge on any atom is -0.399 e. The molecule has 0 heterocycles. The maximum atomic E-state index is 13.6. The zero-order chi connectivity index (χ0) is 60.8. The highest BCUT2D eigenvalue weighted by Crippen LogP contribution is 2.31. The van der Waals surface area contributed by atoms with E-state index in [0.717, 1.165) is 22.3 Å². The zero-order valence-corrected chi connectivity index (χ0v) is 49.4. The maximum Gasteiger partial charge on any atom is 0.264 e. The molecule has 18 heteroatoms. The van der Waals surface area contributed by atoms with Gasteiger partial charge in [0.2, 0.25) is 11.8 Å². The van der Waals surface area contributed by atoms with Crippen LogP contribution in [0.1, 0.15) is 22.3 Å². The quantitative estimate of drug-likeness (QED) is 0.0580. The smallest absolute Gasteiger partial charge is 0.264 e. The van der Waals surface area contributed by atoms with Gasteiger partial charge < -0.3 is 21.1 Å². The number of hydrogen-bond donors (Lipinski definition) is 3. The van der Waals surface area contributed by atoms with Crippen molar-refractivity contribution < 1.29 is 39.6 Å². The van der Waals surface area contributed by atoms with E-state index in [1.165, 1.54) is 20.0 Å². The second-order valence-electron chi connectivity index (χ2n) is 19.3. The molecular formula is C68H64N6O9S3. The lowest BCUT2D eigenvalue weighted by atomic mass is 10.1. The third-order valence-electron chi connectivity index (χ3n) is 13.0. The number of nitrogens with one attached hydrogen (secondary N) is 2. The molecule has 0 aliphatic heterocycles. The van der Waals surface area contributed by atoms with E-state index in [9.17, 15) is 34.8 Å². The first-order valence-corrected chi connectivity index (χ1v) is 31.5. The summed E-state index contributed by atoms with van der Waals surface area (Å²) < 4.78 is 89.1. The van der Waals surface area contributed by atoms with Gasteiger partial charge in [-0.1, -0.05) is 194 Å². The van der Waals surface area contributed by atoms with E-state index in [1.54, 1.807) is 164 Å². The highest BCUT2D eigenvalue weighted by Gasteiger charge is 2.28. The standard InChI is InChI=1S/C27H24N2O3S.C22H22N2O4S.C19H18N2O2S/c30-27(19-22-11-4-1-5-12-22)28-24-15-10-16-25(20-24)29(21-23-13-6-2-7-14-23)33(31,32)26-17-8-3-9-18-26;1-28-17-22(25)23-19-11-8-12-20(15-19)24(16-18-9-4-2-5-10-18)29(26,27)21-13-6-3-7-14-21;20-17-10-7-11-18(14-17)21(15-16-8-3-1-4-9-16)24(22,23)19-12-5-2-6-13-19/h1-18,20H,19,21H2,(H,28,30);2-15H,16-17H2,1H3,(H,23,25);1-14H,15,20H2. The van der Waals surface area contributed by atoms with Crippen molar-refractivity contribution in [2.24, 2.45) is 0 Å². The van der Waals surface area contributed by atoms with E-state index in [2.05, 4.69) is 10.6 Å². The number of carbonyl (C=O) groups excluding carboxylic acids is 2. The summed E-state index contributed by atoms with van der Waals surface area (Å²) in [6.45, 7) is 0.481. The third kappa shape index (κ3) is 17.4. The predicted octanol–water partition coefficient (Wildman–Crippen LogP) is 12.6. The summed E-state index contributed by atoms with van der Waals surface area (Å²) in [6.07, 6.45) is 0.237. The lowest BCUT2D eigenvalue weighted by Gasteiger charge is -2.25. The summed E-state index contributed by atoms with van der Waals surface area (Å²) in [6, 6.07) is 83.4. The molecule has 0 unspecified atom stereocenters. The molecule has 438 valence electrons. The van der Waals surface area contributed by atoms with Gasteiger partial charge in [-0.2, -0.15) is 0 Å². The molecule has 0 atom stereocenters. The minimum atomic E-state index is -3.83. The molecule has 4 N–H and O–H groups in total. The fraction of sp³-hybridized carbons (Fsp3) is 0.0882. The normalized spacial score (nSPS) is 11.1. The Balaban J connectivity index is 0.000000170. The van der Waals surface area contributed by atoms with Crippen LogP contribution in [-0.4, -0.2) is 50.8 Å². The van der Waals surface area contributed by atoms with Crippen LogP contribution in [0.3, 0.4) is 0 Å². The molecule has 86 heavy (non-hydrogen) atoms. The number of hydrogen-bond acceptors (Lipinski definition) is 10. The number of nitrogens with two attached hydrogens (primary N) is 1. The number of benzene rings is 10.